The lowest BCUT2D eigenvalue weighted by Gasteiger charge is -2.08. The Morgan fingerprint density at radius 1 is 0.759 bits per heavy atom. The van der Waals surface area contributed by atoms with Crippen LogP contribution >= 0.6 is 0 Å². The lowest BCUT2D eigenvalue weighted by molar-refractivity contribution is 0.597. The Labute approximate surface area is 165 Å². The van der Waals surface area contributed by atoms with Crippen LogP contribution in [-0.2, 0) is 9.84 Å². The SMILES string of the molecule is O=S(=O)(c1ccc2cc(-c3ccc(F)cc3)ccc2c1)c1cccc2n[nH]nc12. The maximum atomic E-state index is 13.2. The molecule has 1 N–H and O–H groups in total. The number of fused-ring (bicyclic) bond motifs is 2. The quantitative estimate of drug-likeness (QED) is 0.472. The smallest absolute Gasteiger partial charge is 0.208 e. The summed E-state index contributed by atoms with van der Waals surface area (Å²) in [6.45, 7) is 0. The van der Waals surface area contributed by atoms with Crippen LogP contribution in [0.2, 0.25) is 0 Å². The summed E-state index contributed by atoms with van der Waals surface area (Å²) in [5.41, 5.74) is 2.64. The summed E-state index contributed by atoms with van der Waals surface area (Å²) in [5, 5.41) is 12.1. The Morgan fingerprint density at radius 2 is 1.48 bits per heavy atom. The first-order valence-corrected chi connectivity index (χ1v) is 10.3. The van der Waals surface area contributed by atoms with Gasteiger partial charge in [0.25, 0.3) is 0 Å². The van der Waals surface area contributed by atoms with Crippen LogP contribution in [0.1, 0.15) is 0 Å². The van der Waals surface area contributed by atoms with Crippen molar-refractivity contribution < 1.29 is 12.8 Å². The van der Waals surface area contributed by atoms with Gasteiger partial charge in [0.1, 0.15) is 21.7 Å². The van der Waals surface area contributed by atoms with Crippen LogP contribution in [0.25, 0.3) is 32.9 Å². The van der Waals surface area contributed by atoms with Gasteiger partial charge in [-0.05, 0) is 64.4 Å². The fourth-order valence-electron chi connectivity index (χ4n) is 3.40. The van der Waals surface area contributed by atoms with E-state index < -0.39 is 9.84 Å². The van der Waals surface area contributed by atoms with Gasteiger partial charge in [-0.3, -0.25) is 0 Å². The third kappa shape index (κ3) is 2.96. The summed E-state index contributed by atoms with van der Waals surface area (Å²) in [4.78, 5) is 0.307. The van der Waals surface area contributed by atoms with Gasteiger partial charge in [-0.15, -0.1) is 0 Å². The topological polar surface area (TPSA) is 75.7 Å². The molecule has 5 rings (SSSR count). The highest BCUT2D eigenvalue weighted by Gasteiger charge is 2.22. The van der Waals surface area contributed by atoms with Gasteiger partial charge < -0.3 is 0 Å². The van der Waals surface area contributed by atoms with Crippen molar-refractivity contribution in [3.63, 3.8) is 0 Å². The molecule has 1 aromatic heterocycles. The molecule has 0 atom stereocenters. The fraction of sp³-hybridized carbons (Fsp3) is 0. The van der Waals surface area contributed by atoms with Crippen molar-refractivity contribution >= 4 is 31.6 Å². The van der Waals surface area contributed by atoms with Crippen LogP contribution in [0.5, 0.6) is 0 Å². The average molecular weight is 403 g/mol. The molecule has 4 aromatic carbocycles. The van der Waals surface area contributed by atoms with E-state index in [9.17, 15) is 12.8 Å². The molecule has 0 aliphatic heterocycles. The molecule has 29 heavy (non-hydrogen) atoms. The number of para-hydroxylation sites is 1. The average Bonchev–Trinajstić information content (AvgIpc) is 3.22. The van der Waals surface area contributed by atoms with Gasteiger partial charge in [0.05, 0.1) is 4.90 Å². The zero-order chi connectivity index (χ0) is 20.0. The lowest BCUT2D eigenvalue weighted by atomic mass is 10.0. The molecule has 0 aliphatic carbocycles. The molecule has 7 heteroatoms. The van der Waals surface area contributed by atoms with Gasteiger partial charge in [0.2, 0.25) is 9.84 Å². The molecular weight excluding hydrogens is 389 g/mol. The third-order valence-electron chi connectivity index (χ3n) is 4.90. The standard InChI is InChI=1S/C22H14FN3O2S/c23-18-9-6-14(7-10-18)15-4-5-17-13-19(11-8-16(17)12-15)29(27,28)21-3-1-2-20-22(21)25-26-24-20/h1-13H,(H,24,25,26). The van der Waals surface area contributed by atoms with E-state index in [1.807, 2.05) is 18.2 Å². The number of hydrogen-bond acceptors (Lipinski definition) is 4. The molecule has 0 bridgehead atoms. The molecule has 0 saturated heterocycles. The number of aromatic amines is 1. The molecule has 0 saturated carbocycles. The van der Waals surface area contributed by atoms with Crippen LogP contribution in [0.4, 0.5) is 4.39 Å². The van der Waals surface area contributed by atoms with E-state index in [2.05, 4.69) is 15.4 Å². The number of nitrogens with one attached hydrogen (secondary N) is 1. The number of rotatable bonds is 3. The van der Waals surface area contributed by atoms with E-state index in [1.165, 1.54) is 18.2 Å². The van der Waals surface area contributed by atoms with Crippen molar-refractivity contribution in [2.24, 2.45) is 0 Å². The normalized spacial score (nSPS) is 11.9. The first kappa shape index (κ1) is 17.5. The van der Waals surface area contributed by atoms with Gasteiger partial charge in [-0.2, -0.15) is 15.4 Å². The summed E-state index contributed by atoms with van der Waals surface area (Å²) >= 11 is 0. The van der Waals surface area contributed by atoms with E-state index in [0.717, 1.165) is 21.9 Å². The summed E-state index contributed by atoms with van der Waals surface area (Å²) in [6, 6.07) is 21.9. The van der Waals surface area contributed by atoms with Crippen molar-refractivity contribution in [3.05, 3.63) is 84.7 Å². The Balaban J connectivity index is 1.60. The van der Waals surface area contributed by atoms with Crippen molar-refractivity contribution in [1.82, 2.24) is 15.4 Å². The molecule has 0 spiro atoms. The van der Waals surface area contributed by atoms with Gasteiger partial charge in [0, 0.05) is 0 Å². The predicted octanol–water partition coefficient (Wildman–Crippen LogP) is 4.75. The molecule has 1 heterocycles. The number of aromatic nitrogens is 3. The van der Waals surface area contributed by atoms with Crippen molar-refractivity contribution in [2.75, 3.05) is 0 Å². The van der Waals surface area contributed by atoms with Crippen LogP contribution < -0.4 is 0 Å². The van der Waals surface area contributed by atoms with Crippen LogP contribution in [0, 0.1) is 5.82 Å². The van der Waals surface area contributed by atoms with Gasteiger partial charge >= 0.3 is 0 Å². The number of nitrogens with zero attached hydrogens (tertiary/aromatic N) is 2. The zero-order valence-corrected chi connectivity index (χ0v) is 15.8. The zero-order valence-electron chi connectivity index (χ0n) is 15.0. The van der Waals surface area contributed by atoms with Crippen molar-refractivity contribution in [3.8, 4) is 11.1 Å². The van der Waals surface area contributed by atoms with Gasteiger partial charge in [0.15, 0.2) is 0 Å². The summed E-state index contributed by atoms with van der Waals surface area (Å²) in [5.74, 6) is -0.286. The Bertz CT molecular complexity index is 1480. The van der Waals surface area contributed by atoms with Gasteiger partial charge in [-0.1, -0.05) is 36.4 Å². The van der Waals surface area contributed by atoms with Crippen LogP contribution in [0.15, 0.2) is 88.7 Å². The molecule has 0 fully saturated rings. The van der Waals surface area contributed by atoms with Crippen LogP contribution in [-0.4, -0.2) is 23.8 Å². The van der Waals surface area contributed by atoms with E-state index in [4.69, 9.17) is 0 Å². The van der Waals surface area contributed by atoms with Gasteiger partial charge in [-0.25, -0.2) is 12.8 Å². The second kappa shape index (κ2) is 6.49. The Hall–Kier alpha value is -3.58. The monoisotopic (exact) mass is 403 g/mol. The second-order valence-electron chi connectivity index (χ2n) is 6.68. The molecule has 0 radical (unpaired) electrons. The molecule has 0 amide bonds. The summed E-state index contributed by atoms with van der Waals surface area (Å²) < 4.78 is 39.5. The third-order valence-corrected chi connectivity index (χ3v) is 6.68. The van der Waals surface area contributed by atoms with E-state index in [1.54, 1.807) is 42.5 Å². The van der Waals surface area contributed by atoms with E-state index >= 15 is 0 Å². The van der Waals surface area contributed by atoms with Crippen molar-refractivity contribution in [1.29, 1.82) is 0 Å². The van der Waals surface area contributed by atoms with Crippen LogP contribution in [0.3, 0.4) is 0 Å². The highest BCUT2D eigenvalue weighted by atomic mass is 32.2. The minimum Gasteiger partial charge on any atom is -0.218 e. The Kier molecular flexibility index (Phi) is 3.92. The van der Waals surface area contributed by atoms with E-state index in [-0.39, 0.29) is 15.6 Å². The second-order valence-corrected chi connectivity index (χ2v) is 8.60. The number of halogens is 1. The summed E-state index contributed by atoms with van der Waals surface area (Å²) in [6.07, 6.45) is 0. The first-order chi connectivity index (χ1) is 14.0. The maximum Gasteiger partial charge on any atom is 0.208 e. The predicted molar refractivity (Wildman–Crippen MR) is 109 cm³/mol. The lowest BCUT2D eigenvalue weighted by Crippen LogP contribution is -2.03. The minimum absolute atomic E-state index is 0.117. The minimum atomic E-state index is -3.76. The van der Waals surface area contributed by atoms with Crippen molar-refractivity contribution in [2.45, 2.75) is 9.79 Å². The molecular formula is C22H14FN3O2S. The summed E-state index contributed by atoms with van der Waals surface area (Å²) in [7, 11) is -3.76. The number of sulfone groups is 1. The Morgan fingerprint density at radius 3 is 2.31 bits per heavy atom. The maximum absolute atomic E-state index is 13.2. The first-order valence-electron chi connectivity index (χ1n) is 8.87. The fourth-order valence-corrected chi connectivity index (χ4v) is 4.84. The molecule has 0 aliphatic rings. The largest absolute Gasteiger partial charge is 0.218 e. The number of hydrogen-bond donors (Lipinski definition) is 1. The van der Waals surface area contributed by atoms with E-state index in [0.29, 0.717) is 11.0 Å². The highest BCUT2D eigenvalue weighted by Crippen LogP contribution is 2.30. The molecule has 5 nitrogen and oxygen atoms in total. The number of H-pyrrole nitrogens is 1. The highest BCUT2D eigenvalue weighted by molar-refractivity contribution is 7.91. The number of benzene rings is 4. The molecule has 5 aromatic rings. The molecule has 142 valence electrons. The molecule has 0 unspecified atom stereocenters.